The molecule has 260 valence electrons. The number of fused-ring (bicyclic) bond motifs is 8. The van der Waals surface area contributed by atoms with Crippen LogP contribution in [0.2, 0.25) is 0 Å². The van der Waals surface area contributed by atoms with Gasteiger partial charge in [0, 0.05) is 47.9 Å². The lowest BCUT2D eigenvalue weighted by atomic mass is 9.90. The highest BCUT2D eigenvalue weighted by molar-refractivity contribution is 7.98. The van der Waals surface area contributed by atoms with Crippen molar-refractivity contribution in [2.45, 2.75) is 49.3 Å². The number of benzene rings is 4. The largest absolute Gasteiger partial charge is 0.507 e. The van der Waals surface area contributed by atoms with E-state index in [0.29, 0.717) is 28.1 Å². The Morgan fingerprint density at radius 2 is 0.980 bits per heavy atom. The van der Waals surface area contributed by atoms with Crippen LogP contribution in [0.25, 0.3) is 0 Å². The second-order valence-electron chi connectivity index (χ2n) is 12.0. The molecule has 0 spiro atoms. The highest BCUT2D eigenvalue weighted by atomic mass is 32.2. The molecule has 0 saturated carbocycles. The zero-order valence-electron chi connectivity index (χ0n) is 26.8. The van der Waals surface area contributed by atoms with Crippen LogP contribution in [-0.4, -0.2) is 65.9 Å². The Labute approximate surface area is 288 Å². The van der Waals surface area contributed by atoms with Gasteiger partial charge in [0.15, 0.2) is 6.61 Å². The van der Waals surface area contributed by atoms with Crippen molar-refractivity contribution in [1.29, 1.82) is 0 Å². The van der Waals surface area contributed by atoms with Crippen molar-refractivity contribution in [2.75, 3.05) is 18.7 Å². The summed E-state index contributed by atoms with van der Waals surface area (Å²) in [5.74, 6) is -0.770. The van der Waals surface area contributed by atoms with Crippen LogP contribution in [0.4, 0.5) is 0 Å². The van der Waals surface area contributed by atoms with Gasteiger partial charge in [-0.3, -0.25) is 13.9 Å². The minimum absolute atomic E-state index is 0.0781. The molecule has 0 unspecified atom stereocenters. The summed E-state index contributed by atoms with van der Waals surface area (Å²) in [7, 11) is -9.49. The third kappa shape index (κ3) is 8.13. The monoisotopic (exact) mass is 729 g/mol. The molecule has 0 aliphatic heterocycles. The van der Waals surface area contributed by atoms with E-state index in [2.05, 4.69) is 5.32 Å². The molecule has 0 atom stereocenters. The number of amides is 1. The number of carbonyl (C=O) groups is 1. The fourth-order valence-electron chi connectivity index (χ4n) is 6.04. The molecule has 8 bridgehead atoms. The van der Waals surface area contributed by atoms with Crippen molar-refractivity contribution in [2.24, 2.45) is 0 Å². The van der Waals surface area contributed by atoms with E-state index in [-0.39, 0.29) is 82.1 Å². The first-order chi connectivity index (χ1) is 22.9. The van der Waals surface area contributed by atoms with E-state index in [1.165, 1.54) is 11.8 Å². The number of carbonyl (C=O) groups excluding carboxylic acids is 1. The number of hydrogen-bond donors (Lipinski definition) is 6. The normalized spacial score (nSPS) is 13.2. The molecular formula is C34H35NO11S3. The molecule has 0 aromatic heterocycles. The average Bonchev–Trinajstić information content (AvgIpc) is 3.00. The van der Waals surface area contributed by atoms with E-state index < -0.39 is 42.5 Å². The number of nitrogens with one attached hydrogen (secondary N) is 1. The van der Waals surface area contributed by atoms with Gasteiger partial charge >= 0.3 is 0 Å². The van der Waals surface area contributed by atoms with Gasteiger partial charge in [0.2, 0.25) is 0 Å². The summed E-state index contributed by atoms with van der Waals surface area (Å²) >= 11 is 1.38. The number of phenols is 3. The van der Waals surface area contributed by atoms with Crippen molar-refractivity contribution in [3.63, 3.8) is 0 Å². The summed E-state index contributed by atoms with van der Waals surface area (Å²) in [6, 6.07) is 11.2. The Balaban J connectivity index is 1.82. The number of aryl methyl sites for hydroxylation is 2. The molecule has 4 aromatic rings. The van der Waals surface area contributed by atoms with Crippen LogP contribution in [-0.2, 0) is 50.7 Å². The molecule has 5 rings (SSSR count). The van der Waals surface area contributed by atoms with Gasteiger partial charge < -0.3 is 25.4 Å². The van der Waals surface area contributed by atoms with E-state index in [0.717, 1.165) is 24.3 Å². The molecule has 6 N–H and O–H groups in total. The third-order valence-electron chi connectivity index (χ3n) is 8.16. The van der Waals surface area contributed by atoms with E-state index in [9.17, 15) is 46.1 Å². The molecule has 49 heavy (non-hydrogen) atoms. The van der Waals surface area contributed by atoms with E-state index in [1.807, 2.05) is 0 Å². The van der Waals surface area contributed by atoms with Crippen molar-refractivity contribution in [1.82, 2.24) is 5.32 Å². The van der Waals surface area contributed by atoms with Gasteiger partial charge in [0.05, 0.1) is 15.7 Å². The first kappa shape index (κ1) is 36.0. The number of ether oxygens (including phenoxy) is 1. The summed E-state index contributed by atoms with van der Waals surface area (Å²) in [5, 5.41) is 37.1. The van der Waals surface area contributed by atoms with Crippen LogP contribution in [0.1, 0.15) is 55.6 Å². The number of aromatic hydroxyl groups is 3. The lowest BCUT2D eigenvalue weighted by Crippen LogP contribution is -2.28. The van der Waals surface area contributed by atoms with Gasteiger partial charge in [-0.05, 0) is 66.6 Å². The second-order valence-corrected chi connectivity index (χ2v) is 15.7. The summed E-state index contributed by atoms with van der Waals surface area (Å²) in [6.07, 6.45) is 1.16. The Morgan fingerprint density at radius 3 is 1.33 bits per heavy atom. The van der Waals surface area contributed by atoms with Crippen LogP contribution in [0.15, 0.2) is 58.3 Å². The Morgan fingerprint density at radius 1 is 0.653 bits per heavy atom. The highest BCUT2D eigenvalue weighted by Gasteiger charge is 2.25. The molecule has 0 heterocycles. The van der Waals surface area contributed by atoms with Crippen molar-refractivity contribution in [3.8, 4) is 23.0 Å². The summed E-state index contributed by atoms with van der Waals surface area (Å²) in [4.78, 5) is 11.6. The molecule has 0 radical (unpaired) electrons. The summed E-state index contributed by atoms with van der Waals surface area (Å²) in [5.41, 5.74) is 3.04. The first-order valence-corrected chi connectivity index (χ1v) is 19.2. The third-order valence-corrected chi connectivity index (χ3v) is 10.3. The van der Waals surface area contributed by atoms with Crippen molar-refractivity contribution < 1.29 is 50.8 Å². The molecule has 4 aromatic carbocycles. The molecule has 1 aliphatic carbocycles. The van der Waals surface area contributed by atoms with Gasteiger partial charge in [0.25, 0.3) is 26.1 Å². The van der Waals surface area contributed by atoms with Gasteiger partial charge in [-0.2, -0.15) is 16.8 Å². The van der Waals surface area contributed by atoms with Crippen LogP contribution in [0, 0.1) is 13.8 Å². The lowest BCUT2D eigenvalue weighted by molar-refractivity contribution is -0.122. The smallest absolute Gasteiger partial charge is 0.294 e. The molecule has 1 aliphatic rings. The van der Waals surface area contributed by atoms with Gasteiger partial charge in [-0.25, -0.2) is 0 Å². The molecule has 0 fully saturated rings. The summed E-state index contributed by atoms with van der Waals surface area (Å²) in [6.45, 7) is 3.07. The maximum atomic E-state index is 12.6. The number of thioether (sulfide) groups is 1. The number of rotatable bonds is 7. The maximum Gasteiger partial charge on any atom is 0.294 e. The fraction of sp³-hybridized carbons (Fsp3) is 0.265. The van der Waals surface area contributed by atoms with E-state index in [4.69, 9.17) is 4.74 Å². The van der Waals surface area contributed by atoms with E-state index in [1.54, 1.807) is 44.4 Å². The molecule has 12 nitrogen and oxygen atoms in total. The number of hydrogen-bond acceptors (Lipinski definition) is 10. The Hall–Kier alpha value is -4.28. The molecular weight excluding hydrogens is 695 g/mol. The van der Waals surface area contributed by atoms with Crippen LogP contribution >= 0.6 is 11.8 Å². The van der Waals surface area contributed by atoms with Gasteiger partial charge in [-0.15, -0.1) is 11.8 Å². The molecule has 0 saturated heterocycles. The van der Waals surface area contributed by atoms with Crippen LogP contribution in [0.5, 0.6) is 23.0 Å². The minimum atomic E-state index is -4.75. The predicted molar refractivity (Wildman–Crippen MR) is 183 cm³/mol. The quantitative estimate of drug-likeness (QED) is 0.102. The first-order valence-electron chi connectivity index (χ1n) is 14.9. The van der Waals surface area contributed by atoms with Crippen LogP contribution in [0.3, 0.4) is 0 Å². The SMILES string of the molecule is CSCNC(=O)COc1c2cc(C)cc1Cc1cc(S(=O)(=O)O)cc(c1O)Cc1cc(C)cc(c1O)Cc1cc(S(=O)(=O)O)cc(c1O)C2. The lowest BCUT2D eigenvalue weighted by Gasteiger charge is -2.21. The molecule has 1 amide bonds. The highest BCUT2D eigenvalue weighted by Crippen LogP contribution is 2.40. The van der Waals surface area contributed by atoms with Crippen molar-refractivity contribution >= 4 is 37.9 Å². The Bertz CT molecular complexity index is 2060. The Kier molecular flexibility index (Phi) is 10.2. The second kappa shape index (κ2) is 13.9. The van der Waals surface area contributed by atoms with Gasteiger partial charge in [0.1, 0.15) is 23.0 Å². The predicted octanol–water partition coefficient (Wildman–Crippen LogP) is 4.41. The van der Waals surface area contributed by atoms with E-state index >= 15 is 0 Å². The standard InChI is InChI=1S/C34H35NO11S3/c1-18-4-20-8-22-12-28(48(40,41)42)14-24(32(22)38)10-26-6-19(2)7-27(34(26)46-16-30(36)35-17-47-3)11-25-15-29(49(43,44)45)13-23(33(25)39)9-21(5-18)31(20)37/h4-7,12-15,37-39H,8-11,16-17H2,1-3H3,(H,35,36)(H,40,41,42)(H,43,44,45). The topological polar surface area (TPSA) is 208 Å². The average molecular weight is 730 g/mol. The maximum absolute atomic E-state index is 12.6. The zero-order valence-corrected chi connectivity index (χ0v) is 29.2. The molecule has 15 heteroatoms. The van der Waals surface area contributed by atoms with Gasteiger partial charge in [-0.1, -0.05) is 35.4 Å². The zero-order chi connectivity index (χ0) is 35.8. The minimum Gasteiger partial charge on any atom is -0.507 e. The van der Waals surface area contributed by atoms with Crippen LogP contribution < -0.4 is 10.1 Å². The fourth-order valence-corrected chi connectivity index (χ4v) is 7.51. The number of phenolic OH excluding ortho intramolecular Hbond substituents is 3. The van der Waals surface area contributed by atoms with Crippen molar-refractivity contribution in [3.05, 3.63) is 104 Å². The summed E-state index contributed by atoms with van der Waals surface area (Å²) < 4.78 is 75.7.